The predicted molar refractivity (Wildman–Crippen MR) is 93.1 cm³/mol. The lowest BCUT2D eigenvalue weighted by Crippen LogP contribution is -2.34. The van der Waals surface area contributed by atoms with Crippen molar-refractivity contribution in [3.63, 3.8) is 0 Å². The quantitative estimate of drug-likeness (QED) is 0.594. The first kappa shape index (κ1) is 19.2. The Balaban J connectivity index is 2.60. The highest BCUT2D eigenvalue weighted by atomic mass is 16.5. The zero-order valence-electron chi connectivity index (χ0n) is 15.1. The van der Waals surface area contributed by atoms with Crippen molar-refractivity contribution in [3.05, 3.63) is 47.2 Å². The number of hydrogen-bond donors (Lipinski definition) is 0. The molecule has 0 radical (unpaired) electrons. The molecule has 0 aliphatic carbocycles. The number of rotatable bonds is 5. The van der Waals surface area contributed by atoms with E-state index in [1.165, 1.54) is 0 Å². The molecule has 1 aliphatic heterocycles. The number of aliphatic imine (C=N–C) groups is 1. The van der Waals surface area contributed by atoms with E-state index in [-0.39, 0.29) is 6.61 Å². The molecule has 0 spiro atoms. The van der Waals surface area contributed by atoms with E-state index in [4.69, 9.17) is 9.47 Å². The molecule has 0 amide bonds. The summed E-state index contributed by atoms with van der Waals surface area (Å²) in [7, 11) is 1.16. The second kappa shape index (κ2) is 7.83. The summed E-state index contributed by atoms with van der Waals surface area (Å²) in [6.07, 6.45) is 0. The number of ether oxygens (including phenoxy) is 3. The van der Waals surface area contributed by atoms with Crippen LogP contribution in [-0.4, -0.2) is 37.1 Å². The Morgan fingerprint density at radius 1 is 1.35 bits per heavy atom. The van der Waals surface area contributed by atoms with Gasteiger partial charge in [-0.3, -0.25) is 0 Å². The first-order valence-electron chi connectivity index (χ1n) is 8.08. The molecule has 0 saturated heterocycles. The molecule has 0 N–H and O–H groups in total. The van der Waals surface area contributed by atoms with Crippen LogP contribution in [0.2, 0.25) is 0 Å². The van der Waals surface area contributed by atoms with Crippen molar-refractivity contribution in [2.24, 2.45) is 4.99 Å². The molecule has 2 unspecified atom stereocenters. The van der Waals surface area contributed by atoms with Gasteiger partial charge in [0.2, 0.25) is 11.4 Å². The van der Waals surface area contributed by atoms with E-state index in [0.717, 1.165) is 12.7 Å². The van der Waals surface area contributed by atoms with Gasteiger partial charge in [0, 0.05) is 0 Å². The number of nitriles is 1. The van der Waals surface area contributed by atoms with E-state index < -0.39 is 29.3 Å². The van der Waals surface area contributed by atoms with Crippen LogP contribution in [0.4, 0.5) is 0 Å². The van der Waals surface area contributed by atoms with Gasteiger partial charge < -0.3 is 14.2 Å². The zero-order valence-corrected chi connectivity index (χ0v) is 15.1. The molecule has 7 nitrogen and oxygen atoms in total. The molecule has 1 aliphatic rings. The molecule has 7 heteroatoms. The van der Waals surface area contributed by atoms with Crippen LogP contribution in [0, 0.1) is 11.3 Å². The first-order valence-corrected chi connectivity index (χ1v) is 8.08. The topological polar surface area (TPSA) is 98.0 Å². The summed E-state index contributed by atoms with van der Waals surface area (Å²) >= 11 is 0. The van der Waals surface area contributed by atoms with Crippen molar-refractivity contribution in [2.45, 2.75) is 32.4 Å². The number of carbonyl (C=O) groups excluding carboxylic acids is 2. The standard InChI is InChI=1S/C19H20N2O5/c1-5-25-18(23)15-12(2)26-19(3,21-14(11-20)17(22)24-4)16(15)13-9-7-6-8-10-13/h6-10,16H,5H2,1-4H3/b21-14+. The van der Waals surface area contributed by atoms with Gasteiger partial charge in [0.05, 0.1) is 25.2 Å². The van der Waals surface area contributed by atoms with E-state index >= 15 is 0 Å². The highest BCUT2D eigenvalue weighted by molar-refractivity contribution is 6.43. The maximum absolute atomic E-state index is 12.5. The fourth-order valence-electron chi connectivity index (χ4n) is 3.01. The van der Waals surface area contributed by atoms with E-state index in [9.17, 15) is 14.9 Å². The number of methoxy groups -OCH3 is 1. The molecule has 1 aromatic rings. The Morgan fingerprint density at radius 2 is 2.00 bits per heavy atom. The molecule has 26 heavy (non-hydrogen) atoms. The van der Waals surface area contributed by atoms with Crippen LogP contribution in [0.1, 0.15) is 32.3 Å². The van der Waals surface area contributed by atoms with Gasteiger partial charge in [0.15, 0.2) is 0 Å². The predicted octanol–water partition coefficient (Wildman–Crippen LogP) is 2.49. The minimum absolute atomic E-state index is 0.211. The Kier molecular flexibility index (Phi) is 5.78. The van der Waals surface area contributed by atoms with Gasteiger partial charge in [-0.05, 0) is 26.3 Å². The average molecular weight is 356 g/mol. The lowest BCUT2D eigenvalue weighted by atomic mass is 9.84. The Morgan fingerprint density at radius 3 is 2.54 bits per heavy atom. The summed E-state index contributed by atoms with van der Waals surface area (Å²) in [4.78, 5) is 28.5. The number of carbonyl (C=O) groups is 2. The van der Waals surface area contributed by atoms with Crippen molar-refractivity contribution in [2.75, 3.05) is 13.7 Å². The van der Waals surface area contributed by atoms with Crippen molar-refractivity contribution >= 4 is 17.7 Å². The molecule has 1 heterocycles. The summed E-state index contributed by atoms with van der Waals surface area (Å²) in [6.45, 7) is 5.17. The summed E-state index contributed by atoms with van der Waals surface area (Å²) in [6, 6.07) is 10.9. The Hall–Kier alpha value is -3.14. The smallest absolute Gasteiger partial charge is 0.367 e. The van der Waals surface area contributed by atoms with Gasteiger partial charge in [0.1, 0.15) is 11.8 Å². The lowest BCUT2D eigenvalue weighted by molar-refractivity contribution is -0.139. The third kappa shape index (κ3) is 3.59. The van der Waals surface area contributed by atoms with Gasteiger partial charge in [-0.25, -0.2) is 14.6 Å². The molecule has 0 fully saturated rings. The molecular formula is C19H20N2O5. The van der Waals surface area contributed by atoms with E-state index in [0.29, 0.717) is 11.3 Å². The summed E-state index contributed by atoms with van der Waals surface area (Å²) < 4.78 is 15.6. The van der Waals surface area contributed by atoms with Gasteiger partial charge in [-0.2, -0.15) is 5.26 Å². The normalized spacial score (nSPS) is 22.4. The third-order valence-electron chi connectivity index (χ3n) is 4.01. The number of hydrogen-bond acceptors (Lipinski definition) is 7. The Bertz CT molecular complexity index is 807. The van der Waals surface area contributed by atoms with E-state index in [1.54, 1.807) is 26.8 Å². The van der Waals surface area contributed by atoms with Crippen molar-refractivity contribution < 1.29 is 23.8 Å². The van der Waals surface area contributed by atoms with Crippen LogP contribution < -0.4 is 0 Å². The lowest BCUT2D eigenvalue weighted by Gasteiger charge is -2.28. The largest absolute Gasteiger partial charge is 0.469 e. The highest BCUT2D eigenvalue weighted by Crippen LogP contribution is 2.47. The zero-order chi connectivity index (χ0) is 19.3. The molecule has 0 bridgehead atoms. The maximum Gasteiger partial charge on any atom is 0.367 e. The highest BCUT2D eigenvalue weighted by Gasteiger charge is 2.50. The van der Waals surface area contributed by atoms with Gasteiger partial charge in [-0.1, -0.05) is 30.3 Å². The second-order valence-electron chi connectivity index (χ2n) is 5.75. The van der Waals surface area contributed by atoms with Crippen molar-refractivity contribution in [3.8, 4) is 6.07 Å². The second-order valence-corrected chi connectivity index (χ2v) is 5.75. The Labute approximate surface area is 151 Å². The van der Waals surface area contributed by atoms with Crippen molar-refractivity contribution in [1.82, 2.24) is 0 Å². The minimum atomic E-state index is -1.37. The minimum Gasteiger partial charge on any atom is -0.469 e. The van der Waals surface area contributed by atoms with Gasteiger partial charge >= 0.3 is 11.9 Å². The summed E-state index contributed by atoms with van der Waals surface area (Å²) in [5.41, 5.74) is -0.742. The van der Waals surface area contributed by atoms with Crippen LogP contribution >= 0.6 is 0 Å². The monoisotopic (exact) mass is 356 g/mol. The fourth-order valence-corrected chi connectivity index (χ4v) is 3.01. The van der Waals surface area contributed by atoms with Crippen LogP contribution in [-0.2, 0) is 23.8 Å². The van der Waals surface area contributed by atoms with Crippen LogP contribution in [0.5, 0.6) is 0 Å². The van der Waals surface area contributed by atoms with Crippen LogP contribution in [0.25, 0.3) is 0 Å². The van der Waals surface area contributed by atoms with Crippen LogP contribution in [0.15, 0.2) is 46.7 Å². The van der Waals surface area contributed by atoms with Crippen LogP contribution in [0.3, 0.4) is 0 Å². The van der Waals surface area contributed by atoms with E-state index in [2.05, 4.69) is 9.73 Å². The number of nitrogens with zero attached hydrogens (tertiary/aromatic N) is 2. The molecule has 2 atom stereocenters. The molecule has 136 valence electrons. The molecular weight excluding hydrogens is 336 g/mol. The number of allylic oxidation sites excluding steroid dienone is 1. The number of benzene rings is 1. The maximum atomic E-state index is 12.5. The van der Waals surface area contributed by atoms with E-state index in [1.807, 2.05) is 30.3 Å². The average Bonchev–Trinajstić information content (AvgIpc) is 2.90. The molecule has 1 aromatic carbocycles. The summed E-state index contributed by atoms with van der Waals surface area (Å²) in [5, 5.41) is 9.24. The third-order valence-corrected chi connectivity index (χ3v) is 4.01. The molecule has 2 rings (SSSR count). The van der Waals surface area contributed by atoms with Crippen molar-refractivity contribution in [1.29, 1.82) is 5.26 Å². The fraction of sp³-hybridized carbons (Fsp3) is 0.368. The van der Waals surface area contributed by atoms with Gasteiger partial charge in [0.25, 0.3) is 0 Å². The van der Waals surface area contributed by atoms with Gasteiger partial charge in [-0.15, -0.1) is 0 Å². The SMILES string of the molecule is CCOC(=O)C1=C(C)OC(C)(/N=C(\C#N)C(=O)OC)C1c1ccccc1. The molecule has 0 aromatic heterocycles. The number of esters is 2. The molecule has 0 saturated carbocycles. The summed E-state index contributed by atoms with van der Waals surface area (Å²) in [5.74, 6) is -1.69. The first-order chi connectivity index (χ1) is 12.4.